The molecule has 0 saturated heterocycles. The molecule has 2 aromatic heterocycles. The highest BCUT2D eigenvalue weighted by atomic mass is 32.1. The van der Waals surface area contributed by atoms with E-state index in [4.69, 9.17) is 9.63 Å². The molecule has 1 amide bonds. The van der Waals surface area contributed by atoms with Crippen molar-refractivity contribution in [1.82, 2.24) is 15.0 Å². The monoisotopic (exact) mass is 307 g/mol. The van der Waals surface area contributed by atoms with Crippen LogP contribution in [0.5, 0.6) is 0 Å². The Morgan fingerprint density at radius 3 is 3.05 bits per heavy atom. The van der Waals surface area contributed by atoms with Gasteiger partial charge in [-0.05, 0) is 24.3 Å². The molecule has 2 heterocycles. The molecule has 7 heteroatoms. The van der Waals surface area contributed by atoms with E-state index in [2.05, 4.69) is 10.1 Å². The Morgan fingerprint density at radius 1 is 1.52 bits per heavy atom. The number of aryl methyl sites for hydroxylation is 1. The highest BCUT2D eigenvalue weighted by molar-refractivity contribution is 7.08. The maximum Gasteiger partial charge on any atom is 0.227 e. The van der Waals surface area contributed by atoms with Crippen molar-refractivity contribution in [1.29, 1.82) is 0 Å². The van der Waals surface area contributed by atoms with Gasteiger partial charge in [-0.1, -0.05) is 5.16 Å². The third-order valence-corrected chi connectivity index (χ3v) is 4.13. The predicted octanol–water partition coefficient (Wildman–Crippen LogP) is 1.71. The Morgan fingerprint density at radius 2 is 2.38 bits per heavy atom. The van der Waals surface area contributed by atoms with Gasteiger partial charge in [0.25, 0.3) is 0 Å². The average Bonchev–Trinajstić information content (AvgIpc) is 3.00. The van der Waals surface area contributed by atoms with E-state index in [1.54, 1.807) is 16.2 Å². The second-order valence-electron chi connectivity index (χ2n) is 5.07. The number of aliphatic hydroxyl groups excluding tert-OH is 1. The third kappa shape index (κ3) is 3.48. The minimum atomic E-state index is 0.00506. The number of nitrogens with zero attached hydrogens (tertiary/aromatic N) is 3. The Labute approximate surface area is 126 Å². The van der Waals surface area contributed by atoms with Crippen LogP contribution in [0.15, 0.2) is 21.3 Å². The van der Waals surface area contributed by atoms with Crippen LogP contribution < -0.4 is 0 Å². The number of amides is 1. The van der Waals surface area contributed by atoms with E-state index in [9.17, 15) is 4.79 Å². The predicted molar refractivity (Wildman–Crippen MR) is 77.8 cm³/mol. The van der Waals surface area contributed by atoms with E-state index in [1.165, 1.54) is 0 Å². The maximum atomic E-state index is 12.2. The van der Waals surface area contributed by atoms with Gasteiger partial charge in [0.15, 0.2) is 0 Å². The van der Waals surface area contributed by atoms with Gasteiger partial charge in [-0.2, -0.15) is 16.3 Å². The lowest BCUT2D eigenvalue weighted by atomic mass is 10.2. The van der Waals surface area contributed by atoms with Gasteiger partial charge in [0, 0.05) is 36.4 Å². The molecule has 112 valence electrons. The summed E-state index contributed by atoms with van der Waals surface area (Å²) in [5.41, 5.74) is 0.932. The molecule has 6 nitrogen and oxygen atoms in total. The van der Waals surface area contributed by atoms with Gasteiger partial charge in [0.1, 0.15) is 0 Å². The summed E-state index contributed by atoms with van der Waals surface area (Å²) < 4.78 is 5.18. The average molecular weight is 307 g/mol. The van der Waals surface area contributed by atoms with E-state index in [1.807, 2.05) is 16.8 Å². The number of hydrogen-bond acceptors (Lipinski definition) is 6. The summed E-state index contributed by atoms with van der Waals surface area (Å²) in [5.74, 6) is 1.08. The van der Waals surface area contributed by atoms with Crippen LogP contribution in [-0.4, -0.2) is 45.2 Å². The molecule has 1 aliphatic rings. The van der Waals surface area contributed by atoms with Crippen LogP contribution in [0.25, 0.3) is 11.4 Å². The van der Waals surface area contributed by atoms with E-state index in [-0.39, 0.29) is 12.5 Å². The fraction of sp³-hybridized carbons (Fsp3) is 0.500. The molecule has 0 spiro atoms. The first kappa shape index (κ1) is 14.2. The van der Waals surface area contributed by atoms with Crippen molar-refractivity contribution in [2.24, 2.45) is 0 Å². The van der Waals surface area contributed by atoms with Gasteiger partial charge in [0.05, 0.1) is 6.61 Å². The molecule has 1 N–H and O–H groups in total. The molecular weight excluding hydrogens is 290 g/mol. The van der Waals surface area contributed by atoms with Gasteiger partial charge in [-0.3, -0.25) is 4.79 Å². The van der Waals surface area contributed by atoms with Crippen molar-refractivity contribution in [2.75, 3.05) is 13.2 Å². The molecule has 0 unspecified atom stereocenters. The van der Waals surface area contributed by atoms with Crippen molar-refractivity contribution >= 4 is 17.2 Å². The summed E-state index contributed by atoms with van der Waals surface area (Å²) in [7, 11) is 0. The topological polar surface area (TPSA) is 79.5 Å². The summed E-state index contributed by atoms with van der Waals surface area (Å²) in [6.07, 6.45) is 2.84. The lowest BCUT2D eigenvalue weighted by molar-refractivity contribution is -0.132. The van der Waals surface area contributed by atoms with Crippen molar-refractivity contribution in [3.8, 4) is 11.4 Å². The first-order chi connectivity index (χ1) is 10.3. The number of aliphatic hydroxyl groups is 1. The largest absolute Gasteiger partial charge is 0.395 e. The summed E-state index contributed by atoms with van der Waals surface area (Å²) in [5, 5.41) is 16.9. The van der Waals surface area contributed by atoms with Gasteiger partial charge in [-0.15, -0.1) is 0 Å². The van der Waals surface area contributed by atoms with Crippen LogP contribution in [0.3, 0.4) is 0 Å². The zero-order chi connectivity index (χ0) is 14.7. The molecule has 3 rings (SSSR count). The number of hydrogen-bond donors (Lipinski definition) is 1. The Hall–Kier alpha value is -1.73. The molecule has 0 aliphatic heterocycles. The molecule has 2 aromatic rings. The van der Waals surface area contributed by atoms with E-state index in [0.717, 1.165) is 18.4 Å². The van der Waals surface area contributed by atoms with Gasteiger partial charge in [0.2, 0.25) is 17.6 Å². The Balaban J connectivity index is 1.56. The van der Waals surface area contributed by atoms with E-state index >= 15 is 0 Å². The second-order valence-corrected chi connectivity index (χ2v) is 5.85. The van der Waals surface area contributed by atoms with Crippen LogP contribution >= 0.6 is 11.3 Å². The minimum absolute atomic E-state index is 0.00506. The molecule has 0 atom stereocenters. The molecular formula is C14H17N3O3S. The molecule has 1 fully saturated rings. The van der Waals surface area contributed by atoms with Crippen LogP contribution in [0.1, 0.15) is 25.2 Å². The molecule has 0 aromatic carbocycles. The minimum Gasteiger partial charge on any atom is -0.395 e. The van der Waals surface area contributed by atoms with Crippen molar-refractivity contribution in [2.45, 2.75) is 31.7 Å². The molecule has 0 radical (unpaired) electrons. The first-order valence-electron chi connectivity index (χ1n) is 7.03. The number of thiophene rings is 1. The summed E-state index contributed by atoms with van der Waals surface area (Å²) in [4.78, 5) is 18.2. The molecule has 0 bridgehead atoms. The number of carbonyl (C=O) groups excluding carboxylic acids is 1. The SMILES string of the molecule is O=C(CCc1nc(-c2ccsc2)no1)N(CCO)C1CC1. The van der Waals surface area contributed by atoms with Crippen molar-refractivity contribution < 1.29 is 14.4 Å². The summed E-state index contributed by atoms with van der Waals surface area (Å²) >= 11 is 1.58. The van der Waals surface area contributed by atoms with Crippen molar-refractivity contribution in [3.63, 3.8) is 0 Å². The normalized spacial score (nSPS) is 14.3. The van der Waals surface area contributed by atoms with Crippen molar-refractivity contribution in [3.05, 3.63) is 22.7 Å². The van der Waals surface area contributed by atoms with Gasteiger partial charge < -0.3 is 14.5 Å². The quantitative estimate of drug-likeness (QED) is 0.842. The van der Waals surface area contributed by atoms with E-state index < -0.39 is 0 Å². The molecule has 1 aliphatic carbocycles. The lowest BCUT2D eigenvalue weighted by Crippen LogP contribution is -2.35. The summed E-state index contributed by atoms with van der Waals surface area (Å²) in [6.45, 7) is 0.415. The van der Waals surface area contributed by atoms with Crippen LogP contribution in [0, 0.1) is 0 Å². The van der Waals surface area contributed by atoms with Gasteiger partial charge in [-0.25, -0.2) is 0 Å². The highest BCUT2D eigenvalue weighted by Crippen LogP contribution is 2.27. The maximum absolute atomic E-state index is 12.2. The van der Waals surface area contributed by atoms with Gasteiger partial charge >= 0.3 is 0 Å². The zero-order valence-electron chi connectivity index (χ0n) is 11.6. The third-order valence-electron chi connectivity index (χ3n) is 3.45. The van der Waals surface area contributed by atoms with Crippen LogP contribution in [0.2, 0.25) is 0 Å². The second kappa shape index (κ2) is 6.36. The van der Waals surface area contributed by atoms with Crippen LogP contribution in [-0.2, 0) is 11.2 Å². The fourth-order valence-corrected chi connectivity index (χ4v) is 2.86. The smallest absolute Gasteiger partial charge is 0.227 e. The number of carbonyl (C=O) groups is 1. The fourth-order valence-electron chi connectivity index (χ4n) is 2.23. The number of aromatic nitrogens is 2. The summed E-state index contributed by atoms with van der Waals surface area (Å²) in [6, 6.07) is 2.24. The van der Waals surface area contributed by atoms with Crippen LogP contribution in [0.4, 0.5) is 0 Å². The Bertz CT molecular complexity index is 592. The lowest BCUT2D eigenvalue weighted by Gasteiger charge is -2.20. The first-order valence-corrected chi connectivity index (χ1v) is 7.97. The highest BCUT2D eigenvalue weighted by Gasteiger charge is 2.31. The number of rotatable bonds is 7. The zero-order valence-corrected chi connectivity index (χ0v) is 12.4. The Kier molecular flexibility index (Phi) is 4.31. The molecule has 1 saturated carbocycles. The molecule has 21 heavy (non-hydrogen) atoms. The standard InChI is InChI=1S/C14H17N3O3S/c18-7-6-17(11-1-2-11)13(19)4-3-12-15-14(16-20-12)10-5-8-21-9-10/h5,8-9,11,18H,1-4,6-7H2. The van der Waals surface area contributed by atoms with E-state index in [0.29, 0.717) is 37.1 Å².